The number of hydrogen-bond acceptors (Lipinski definition) is 13. The van der Waals surface area contributed by atoms with Crippen molar-refractivity contribution in [3.05, 3.63) is 190 Å². The van der Waals surface area contributed by atoms with Gasteiger partial charge in [0.25, 0.3) is 0 Å². The fourth-order valence-electron chi connectivity index (χ4n) is 8.66. The van der Waals surface area contributed by atoms with Gasteiger partial charge in [-0.05, 0) is 112 Å². The molecule has 83 heavy (non-hydrogen) atoms. The number of benzene rings is 4. The second-order valence-corrected chi connectivity index (χ2v) is 20.8. The molecule has 16 nitrogen and oxygen atoms in total. The van der Waals surface area contributed by atoms with Crippen LogP contribution in [0.1, 0.15) is 76.0 Å². The second-order valence-electron chi connectivity index (χ2n) is 20.4. The summed E-state index contributed by atoms with van der Waals surface area (Å²) in [5, 5.41) is 17.9. The summed E-state index contributed by atoms with van der Waals surface area (Å²) in [6.07, 6.45) is 4.95. The lowest BCUT2D eigenvalue weighted by Crippen LogP contribution is -2.46. The maximum absolute atomic E-state index is 14.5. The largest absolute Gasteiger partial charge is 0.445 e. The summed E-state index contributed by atoms with van der Waals surface area (Å²) in [6.45, 7) is 10.6. The van der Waals surface area contributed by atoms with Crippen LogP contribution in [-0.4, -0.2) is 134 Å². The Labute approximate surface area is 497 Å². The van der Waals surface area contributed by atoms with Crippen molar-refractivity contribution in [2.45, 2.75) is 105 Å². The minimum atomic E-state index is -1.18. The highest BCUT2D eigenvalue weighted by atomic mass is 35.5. The summed E-state index contributed by atoms with van der Waals surface area (Å²) in [5.74, 6) is 0.159. The first-order valence-corrected chi connectivity index (χ1v) is 27.9. The molecule has 5 heterocycles. The van der Waals surface area contributed by atoms with Gasteiger partial charge in [-0.15, -0.1) is 12.4 Å². The summed E-state index contributed by atoms with van der Waals surface area (Å²) in [6, 6.07) is 34.6. The minimum Gasteiger partial charge on any atom is -0.445 e. The van der Waals surface area contributed by atoms with Crippen LogP contribution in [0.3, 0.4) is 0 Å². The van der Waals surface area contributed by atoms with E-state index in [0.717, 1.165) is 44.8 Å². The number of carbonyl (C=O) groups excluding carboxylic acids is 3. The van der Waals surface area contributed by atoms with Crippen molar-refractivity contribution in [3.63, 3.8) is 0 Å². The number of carbonyl (C=O) groups is 3. The summed E-state index contributed by atoms with van der Waals surface area (Å²) in [5.41, 5.74) is 13.9. The van der Waals surface area contributed by atoms with Crippen molar-refractivity contribution in [1.29, 1.82) is 0 Å². The predicted molar refractivity (Wildman–Crippen MR) is 316 cm³/mol. The van der Waals surface area contributed by atoms with Gasteiger partial charge in [0, 0.05) is 69.3 Å². The highest BCUT2D eigenvalue weighted by Crippen LogP contribution is 2.26. The smallest absolute Gasteiger partial charge is 0.410 e. The molecule has 6 aromatic rings. The maximum atomic E-state index is 14.5. The number of aromatic nitrogens is 4. The fourth-order valence-corrected chi connectivity index (χ4v) is 8.78. The van der Waals surface area contributed by atoms with E-state index in [-0.39, 0.29) is 82.8 Å². The van der Waals surface area contributed by atoms with E-state index in [2.05, 4.69) is 19.9 Å². The summed E-state index contributed by atoms with van der Waals surface area (Å²) < 4.78 is 57.6. The van der Waals surface area contributed by atoms with Crippen molar-refractivity contribution >= 4 is 42.3 Å². The number of alkyl halides is 3. The third-order valence-electron chi connectivity index (χ3n) is 14.0. The highest BCUT2D eigenvalue weighted by molar-refractivity contribution is 6.28. The summed E-state index contributed by atoms with van der Waals surface area (Å²) in [4.78, 5) is 55.8. The number of aliphatic hydroxyl groups excluding tert-OH is 2. The summed E-state index contributed by atoms with van der Waals surface area (Å²) >= 11 is 5.32. The molecule has 0 saturated carbocycles. The van der Waals surface area contributed by atoms with Crippen molar-refractivity contribution in [3.8, 4) is 0 Å². The number of likely N-dealkylation sites (tertiary alicyclic amines) is 3. The first-order valence-electron chi connectivity index (χ1n) is 27.5. The van der Waals surface area contributed by atoms with Crippen LogP contribution >= 0.6 is 24.0 Å². The monoisotopic (exact) mass is 1190 g/mol. The molecule has 3 aliphatic rings. The Hall–Kier alpha value is -6.90. The molecule has 3 amide bonds. The number of piperidine rings is 3. The molecule has 0 bridgehead atoms. The van der Waals surface area contributed by atoms with Gasteiger partial charge in [0.2, 0.25) is 5.28 Å². The van der Waals surface area contributed by atoms with Crippen LogP contribution < -0.4 is 5.73 Å². The molecule has 3 fully saturated rings. The SMILES string of the molecule is Cc1ccc(CO)cc1.Cc1ccc(COC(=O)N2CC[C@H](CCc3ncccn3)[C@H](F)C2)cc1.Cc1ccc(COC(=O)N2CC[C@H](CN)[C@H](F)C2)cc1.Cc1ccc(COC(=O)N2CC[C@H](CO)[C@H](F)C2)cc1.Cl.Clc1ncccn1. The van der Waals surface area contributed by atoms with E-state index in [1.165, 1.54) is 20.3 Å². The Morgan fingerprint density at radius 3 is 1.16 bits per heavy atom. The highest BCUT2D eigenvalue weighted by Gasteiger charge is 2.34. The number of nitrogens with two attached hydrogens (primary N) is 1. The second kappa shape index (κ2) is 37.3. The molecule has 0 aliphatic carbocycles. The number of amides is 3. The number of aryl methyl sites for hydroxylation is 5. The standard InChI is InChI=1S/C20H24FN3O2.C15H21FN2O2.C15H20FNO3.C8H10O.C4H3ClN2.ClH/c1-15-3-5-16(6-4-15)14-26-20(25)24-12-9-17(18(21)13-24)7-8-19-22-10-2-11-23-19;1-11-2-4-12(5-3-11)10-20-15(19)18-7-6-13(8-17)14(16)9-18;1-11-2-4-12(5-3-11)10-20-15(19)17-7-6-13(9-18)14(16)8-17;1-7-2-4-8(6-9)5-3-7;5-4-6-2-1-3-7-4;/h2-6,10-11,17-18H,7-9,12-14H2,1H3;2-5,13-14H,6-10,17H2,1H3;2-5,13-14,18H,6-10H2,1H3;2-5,9H,6H2,1H3;1-3H;1H/t17-,18+;2*13-,14-;;;/m011.../s1. The molecule has 450 valence electrons. The van der Waals surface area contributed by atoms with Crippen LogP contribution in [-0.2, 0) is 47.1 Å². The van der Waals surface area contributed by atoms with Crippen LogP contribution in [0, 0.1) is 45.4 Å². The van der Waals surface area contributed by atoms with Gasteiger partial charge in [-0.1, -0.05) is 119 Å². The van der Waals surface area contributed by atoms with Gasteiger partial charge in [-0.2, -0.15) is 0 Å². The van der Waals surface area contributed by atoms with Gasteiger partial charge < -0.3 is 44.9 Å². The molecule has 2 aromatic heterocycles. The Morgan fingerprint density at radius 1 is 0.530 bits per heavy atom. The molecule has 9 rings (SSSR count). The molecule has 4 aromatic carbocycles. The number of aliphatic hydroxyl groups is 2. The van der Waals surface area contributed by atoms with Gasteiger partial charge in [0.1, 0.15) is 44.2 Å². The molecule has 0 spiro atoms. The van der Waals surface area contributed by atoms with Crippen LogP contribution in [0.4, 0.5) is 27.6 Å². The molecule has 3 aliphatic heterocycles. The first kappa shape index (κ1) is 68.6. The fraction of sp³-hybridized carbons (Fsp3) is 0.435. The normalized spacial score (nSPS) is 19.0. The first-order chi connectivity index (χ1) is 39.5. The van der Waals surface area contributed by atoms with Crippen LogP contribution in [0.2, 0.25) is 5.28 Å². The number of halogens is 5. The zero-order valence-corrected chi connectivity index (χ0v) is 49.2. The van der Waals surface area contributed by atoms with Gasteiger partial charge in [0.05, 0.1) is 26.2 Å². The maximum Gasteiger partial charge on any atom is 0.410 e. The zero-order chi connectivity index (χ0) is 59.2. The lowest BCUT2D eigenvalue weighted by Gasteiger charge is -2.34. The molecule has 21 heteroatoms. The van der Waals surface area contributed by atoms with Crippen molar-refractivity contribution < 1.29 is 52.0 Å². The molecular formula is C62H79Cl2F3N8O8. The molecule has 3 saturated heterocycles. The van der Waals surface area contributed by atoms with Gasteiger partial charge in [0.15, 0.2) is 0 Å². The minimum absolute atomic E-state index is 0. The molecule has 0 radical (unpaired) electrons. The molecule has 0 unspecified atom stereocenters. The summed E-state index contributed by atoms with van der Waals surface area (Å²) in [7, 11) is 0. The van der Waals surface area contributed by atoms with Crippen LogP contribution in [0.15, 0.2) is 134 Å². The average molecular weight is 1190 g/mol. The van der Waals surface area contributed by atoms with E-state index in [1.54, 1.807) is 36.9 Å². The lowest BCUT2D eigenvalue weighted by atomic mass is 9.90. The Balaban J connectivity index is 0.000000236. The average Bonchev–Trinajstić information content (AvgIpc) is 3.52. The molecular weight excluding hydrogens is 1110 g/mol. The quantitative estimate of drug-likeness (QED) is 0.0771. The third kappa shape index (κ3) is 25.2. The number of hydrogen-bond donors (Lipinski definition) is 3. The zero-order valence-electron chi connectivity index (χ0n) is 47.7. The van der Waals surface area contributed by atoms with E-state index in [0.29, 0.717) is 63.6 Å². The Kier molecular flexibility index (Phi) is 30.9. The van der Waals surface area contributed by atoms with Crippen LogP contribution in [0.5, 0.6) is 0 Å². The predicted octanol–water partition coefficient (Wildman–Crippen LogP) is 11.3. The van der Waals surface area contributed by atoms with Gasteiger partial charge in [-0.25, -0.2) is 47.5 Å². The van der Waals surface area contributed by atoms with Gasteiger partial charge >= 0.3 is 18.3 Å². The molecule has 6 atom stereocenters. The topological polar surface area (TPSA) is 207 Å². The van der Waals surface area contributed by atoms with Crippen molar-refractivity contribution in [2.24, 2.45) is 23.5 Å². The van der Waals surface area contributed by atoms with E-state index >= 15 is 0 Å². The van der Waals surface area contributed by atoms with E-state index < -0.39 is 36.8 Å². The molecule has 4 N–H and O–H groups in total. The van der Waals surface area contributed by atoms with Crippen molar-refractivity contribution in [1.82, 2.24) is 34.6 Å². The van der Waals surface area contributed by atoms with Crippen LogP contribution in [0.25, 0.3) is 0 Å². The van der Waals surface area contributed by atoms with E-state index in [4.69, 9.17) is 41.8 Å². The number of rotatable bonds is 12. The Morgan fingerprint density at radius 2 is 0.855 bits per heavy atom. The van der Waals surface area contributed by atoms with E-state index in [1.807, 2.05) is 125 Å². The number of ether oxygens (including phenoxy) is 3. The van der Waals surface area contributed by atoms with Gasteiger partial charge in [-0.3, -0.25) is 0 Å². The number of nitrogens with zero attached hydrogens (tertiary/aromatic N) is 7. The van der Waals surface area contributed by atoms with Crippen molar-refractivity contribution in [2.75, 3.05) is 52.4 Å². The lowest BCUT2D eigenvalue weighted by molar-refractivity contribution is 0.0344. The Bertz CT molecular complexity index is 2680. The third-order valence-corrected chi connectivity index (χ3v) is 14.2. The van der Waals surface area contributed by atoms with E-state index in [9.17, 15) is 27.6 Å².